The van der Waals surface area contributed by atoms with E-state index < -0.39 is 17.9 Å². The van der Waals surface area contributed by atoms with Crippen LogP contribution in [0.5, 0.6) is 0 Å². The third kappa shape index (κ3) is 4.45. The molecule has 0 aliphatic heterocycles. The summed E-state index contributed by atoms with van der Waals surface area (Å²) in [7, 11) is 1.95. The lowest BCUT2D eigenvalue weighted by atomic mass is 10.0. The number of amides is 2. The molecule has 29 heavy (non-hydrogen) atoms. The number of carbonyl (C=O) groups excluding carboxylic acids is 2. The first-order valence-corrected chi connectivity index (χ1v) is 9.30. The zero-order chi connectivity index (χ0) is 21.1. The summed E-state index contributed by atoms with van der Waals surface area (Å²) in [6, 6.07) is 7.12. The van der Waals surface area contributed by atoms with E-state index in [2.05, 4.69) is 20.6 Å². The van der Waals surface area contributed by atoms with Crippen molar-refractivity contribution in [2.75, 3.05) is 10.6 Å². The third-order valence-corrected chi connectivity index (χ3v) is 4.56. The Kier molecular flexibility index (Phi) is 5.67. The fraction of sp³-hybridized carbons (Fsp3) is 0.300. The van der Waals surface area contributed by atoms with Gasteiger partial charge in [0.25, 0.3) is 5.91 Å². The maximum absolute atomic E-state index is 11.8. The highest BCUT2D eigenvalue weighted by atomic mass is 16.1. The number of fused-ring (bicyclic) bond motifs is 1. The maximum atomic E-state index is 11.8. The Labute approximate surface area is 168 Å². The number of rotatable bonds is 8. The van der Waals surface area contributed by atoms with Crippen LogP contribution in [-0.4, -0.2) is 32.4 Å². The van der Waals surface area contributed by atoms with Gasteiger partial charge in [0.05, 0.1) is 6.20 Å². The zero-order valence-electron chi connectivity index (χ0n) is 16.6. The second kappa shape index (κ2) is 8.17. The third-order valence-electron chi connectivity index (χ3n) is 4.56. The lowest BCUT2D eigenvalue weighted by Gasteiger charge is -2.19. The maximum Gasteiger partial charge on any atom is 0.271 e. The van der Waals surface area contributed by atoms with Crippen molar-refractivity contribution in [3.05, 3.63) is 42.4 Å². The number of hydrogen-bond acceptors (Lipinski definition) is 6. The summed E-state index contributed by atoms with van der Waals surface area (Å²) in [5.74, 6) is -0.414. The number of benzene rings is 1. The number of aryl methyl sites for hydroxylation is 1. The molecule has 3 rings (SSSR count). The molecule has 0 radical (unpaired) electrons. The smallest absolute Gasteiger partial charge is 0.271 e. The number of anilines is 3. The molecule has 0 saturated carbocycles. The topological polar surface area (TPSA) is 141 Å². The van der Waals surface area contributed by atoms with E-state index in [0.717, 1.165) is 16.6 Å². The molecule has 2 aromatic heterocycles. The van der Waals surface area contributed by atoms with Crippen LogP contribution >= 0.6 is 0 Å². The number of primary amides is 2. The molecule has 2 amide bonds. The Morgan fingerprint density at radius 2 is 1.97 bits per heavy atom. The van der Waals surface area contributed by atoms with Crippen LogP contribution in [0.2, 0.25) is 0 Å². The van der Waals surface area contributed by atoms with E-state index in [1.807, 2.05) is 55.9 Å². The molecule has 0 spiro atoms. The normalized spacial score (nSPS) is 12.1. The van der Waals surface area contributed by atoms with Gasteiger partial charge >= 0.3 is 0 Å². The second-order valence-electron chi connectivity index (χ2n) is 7.34. The minimum atomic E-state index is -0.708. The molecule has 0 saturated heterocycles. The number of nitrogens with two attached hydrogens (primary N) is 2. The number of nitrogens with one attached hydrogen (secondary N) is 2. The zero-order valence-corrected chi connectivity index (χ0v) is 16.6. The van der Waals surface area contributed by atoms with E-state index >= 15 is 0 Å². The molecule has 1 atom stereocenters. The fourth-order valence-electron chi connectivity index (χ4n) is 3.16. The van der Waals surface area contributed by atoms with Crippen molar-refractivity contribution in [3.63, 3.8) is 0 Å². The van der Waals surface area contributed by atoms with Gasteiger partial charge in [-0.25, -0.2) is 9.97 Å². The molecule has 0 aliphatic rings. The molecular weight excluding hydrogens is 370 g/mol. The summed E-state index contributed by atoms with van der Waals surface area (Å²) in [5, 5.41) is 7.11. The second-order valence-corrected chi connectivity index (χ2v) is 7.34. The van der Waals surface area contributed by atoms with Crippen LogP contribution < -0.4 is 22.1 Å². The minimum Gasteiger partial charge on any atom is -0.368 e. The average Bonchev–Trinajstić information content (AvgIpc) is 3.03. The summed E-state index contributed by atoms with van der Waals surface area (Å²) >= 11 is 0. The van der Waals surface area contributed by atoms with E-state index in [1.165, 1.54) is 6.20 Å². The number of nitrogens with zero attached hydrogens (tertiary/aromatic N) is 3. The Morgan fingerprint density at radius 3 is 2.62 bits per heavy atom. The first kappa shape index (κ1) is 20.1. The summed E-state index contributed by atoms with van der Waals surface area (Å²) in [4.78, 5) is 32.2. The van der Waals surface area contributed by atoms with Crippen LogP contribution in [-0.2, 0) is 11.8 Å². The van der Waals surface area contributed by atoms with Crippen molar-refractivity contribution >= 4 is 40.0 Å². The first-order valence-electron chi connectivity index (χ1n) is 9.30. The summed E-state index contributed by atoms with van der Waals surface area (Å²) in [6.45, 7) is 3.99. The van der Waals surface area contributed by atoms with Gasteiger partial charge in [-0.15, -0.1) is 0 Å². The monoisotopic (exact) mass is 395 g/mol. The fourth-order valence-corrected chi connectivity index (χ4v) is 3.16. The van der Waals surface area contributed by atoms with Gasteiger partial charge in [0.1, 0.15) is 11.9 Å². The van der Waals surface area contributed by atoms with Crippen LogP contribution in [0.1, 0.15) is 30.8 Å². The van der Waals surface area contributed by atoms with Crippen molar-refractivity contribution in [1.29, 1.82) is 0 Å². The lowest BCUT2D eigenvalue weighted by Crippen LogP contribution is -2.37. The molecule has 3 aromatic rings. The molecule has 152 valence electrons. The molecule has 6 N–H and O–H groups in total. The van der Waals surface area contributed by atoms with Crippen molar-refractivity contribution in [2.24, 2.45) is 24.4 Å². The molecule has 9 heteroatoms. The Hall–Kier alpha value is -3.62. The number of aromatic nitrogens is 3. The summed E-state index contributed by atoms with van der Waals surface area (Å²) in [5.41, 5.74) is 12.7. The summed E-state index contributed by atoms with van der Waals surface area (Å²) < 4.78 is 1.99. The van der Waals surface area contributed by atoms with Gasteiger partial charge in [0.15, 0.2) is 11.5 Å². The standard InChI is InChI=1S/C20H25N7O2/c1-11(2)9-14(18(21)28)24-16-10-23-17(19(22)29)20(26-16)25-13-5-4-6-15-12(13)7-8-27(15)3/h4-8,10-11,14H,9H2,1-3H3,(H2,21,28)(H2,22,29)(H2,24,25,26)/t14-/m1/s1. The SMILES string of the molecule is CC(C)C[C@@H](Nc1cnc(C(N)=O)c(Nc2cccc3c2ccn3C)n1)C(N)=O. The largest absolute Gasteiger partial charge is 0.368 e. The highest BCUT2D eigenvalue weighted by Crippen LogP contribution is 2.28. The van der Waals surface area contributed by atoms with Gasteiger partial charge in [0, 0.05) is 29.8 Å². The van der Waals surface area contributed by atoms with Gasteiger partial charge in [-0.3, -0.25) is 9.59 Å². The van der Waals surface area contributed by atoms with Crippen LogP contribution in [0.3, 0.4) is 0 Å². The molecule has 0 aliphatic carbocycles. The van der Waals surface area contributed by atoms with Gasteiger partial charge < -0.3 is 26.7 Å². The molecular formula is C20H25N7O2. The molecule has 0 bridgehead atoms. The predicted molar refractivity (Wildman–Crippen MR) is 113 cm³/mol. The average molecular weight is 395 g/mol. The van der Waals surface area contributed by atoms with E-state index in [1.54, 1.807) is 0 Å². The molecule has 9 nitrogen and oxygen atoms in total. The quantitative estimate of drug-likeness (QED) is 0.460. The van der Waals surface area contributed by atoms with Crippen molar-refractivity contribution in [2.45, 2.75) is 26.3 Å². The van der Waals surface area contributed by atoms with Gasteiger partial charge in [-0.1, -0.05) is 19.9 Å². The molecule has 2 heterocycles. The van der Waals surface area contributed by atoms with Crippen LogP contribution in [0.25, 0.3) is 10.9 Å². The lowest BCUT2D eigenvalue weighted by molar-refractivity contribution is -0.119. The predicted octanol–water partition coefficient (Wildman–Crippen LogP) is 2.12. The van der Waals surface area contributed by atoms with Gasteiger partial charge in [0.2, 0.25) is 5.91 Å². The van der Waals surface area contributed by atoms with Gasteiger partial charge in [-0.05, 0) is 30.5 Å². The summed E-state index contributed by atoms with van der Waals surface area (Å²) in [6.07, 6.45) is 3.85. The van der Waals surface area contributed by atoms with E-state index in [0.29, 0.717) is 12.2 Å². The van der Waals surface area contributed by atoms with Crippen LogP contribution in [0.15, 0.2) is 36.7 Å². The number of carbonyl (C=O) groups is 2. The first-order chi connectivity index (χ1) is 13.8. The van der Waals surface area contributed by atoms with E-state index in [9.17, 15) is 9.59 Å². The van der Waals surface area contributed by atoms with E-state index in [-0.39, 0.29) is 17.4 Å². The Morgan fingerprint density at radius 1 is 1.21 bits per heavy atom. The Bertz CT molecular complexity index is 1060. The molecule has 0 fully saturated rings. The van der Waals surface area contributed by atoms with Crippen LogP contribution in [0.4, 0.5) is 17.3 Å². The minimum absolute atomic E-state index is 0.00275. The Balaban J connectivity index is 1.97. The van der Waals surface area contributed by atoms with Crippen molar-refractivity contribution < 1.29 is 9.59 Å². The highest BCUT2D eigenvalue weighted by Gasteiger charge is 2.20. The molecule has 0 unspecified atom stereocenters. The molecule has 1 aromatic carbocycles. The van der Waals surface area contributed by atoms with Crippen molar-refractivity contribution in [1.82, 2.24) is 14.5 Å². The van der Waals surface area contributed by atoms with Crippen LogP contribution in [0, 0.1) is 5.92 Å². The van der Waals surface area contributed by atoms with Crippen molar-refractivity contribution in [3.8, 4) is 0 Å². The highest BCUT2D eigenvalue weighted by molar-refractivity contribution is 5.99. The number of hydrogen-bond donors (Lipinski definition) is 4. The van der Waals surface area contributed by atoms with Gasteiger partial charge in [-0.2, -0.15) is 0 Å². The van der Waals surface area contributed by atoms with E-state index in [4.69, 9.17) is 11.5 Å².